The minimum Gasteiger partial charge on any atom is -0.493 e. The molecular weight excluding hydrogens is 472 g/mol. The third kappa shape index (κ3) is 6.27. The Morgan fingerprint density at radius 3 is 2.26 bits per heavy atom. The molecule has 0 amide bonds. The molecule has 0 bridgehead atoms. The number of carbonyl (C=O) groups is 1. The third-order valence-corrected chi connectivity index (χ3v) is 7.84. The maximum atomic E-state index is 11.3. The molecule has 1 heterocycles. The second-order valence-corrected chi connectivity index (χ2v) is 12.1. The van der Waals surface area contributed by atoms with Crippen molar-refractivity contribution in [3.05, 3.63) is 71.5 Å². The lowest BCUT2D eigenvalue weighted by molar-refractivity contribution is 0.0690. The first kappa shape index (κ1) is 27.8. The first-order chi connectivity index (χ1) is 18.0. The number of carboxylic acid groups (broad SMARTS) is 1. The van der Waals surface area contributed by atoms with Crippen molar-refractivity contribution in [2.24, 2.45) is 0 Å². The number of nitrogens with one attached hydrogen (secondary N) is 1. The number of aromatic carboxylic acids is 1. The number of benzene rings is 2. The summed E-state index contributed by atoms with van der Waals surface area (Å²) in [6, 6.07) is 17.0. The number of ether oxygens (including phenoxy) is 1. The molecule has 0 fully saturated rings. The number of unbranched alkanes of at least 4 members (excludes halogenated alkanes) is 1. The van der Waals surface area contributed by atoms with Crippen molar-refractivity contribution in [1.29, 1.82) is 0 Å². The molecule has 5 heteroatoms. The van der Waals surface area contributed by atoms with Gasteiger partial charge in [0.2, 0.25) is 0 Å². The highest BCUT2D eigenvalue weighted by Crippen LogP contribution is 2.47. The van der Waals surface area contributed by atoms with Gasteiger partial charge in [0.15, 0.2) is 0 Å². The summed E-state index contributed by atoms with van der Waals surface area (Å²) in [5.41, 5.74) is 7.20. The molecule has 38 heavy (non-hydrogen) atoms. The Bertz CT molecular complexity index is 1280. The number of fused-ring (bicyclic) bond motifs is 1. The summed E-state index contributed by atoms with van der Waals surface area (Å²) < 4.78 is 6.36. The number of rotatable bonds is 10. The zero-order chi connectivity index (χ0) is 27.5. The Labute approximate surface area is 227 Å². The van der Waals surface area contributed by atoms with Gasteiger partial charge in [-0.25, -0.2) is 9.78 Å². The molecule has 0 aliphatic heterocycles. The maximum absolute atomic E-state index is 11.3. The molecular formula is C33H42N2O3. The SMILES string of the molecule is CC(C)NCCCCOc1ccc(-c2ccc(C(=O)O)nc2)cc1-c1ccc2c(c1)C(C)(C)CCC2(C)C. The van der Waals surface area contributed by atoms with Gasteiger partial charge in [0.05, 0.1) is 6.61 Å². The van der Waals surface area contributed by atoms with E-state index in [0.29, 0.717) is 12.6 Å². The fourth-order valence-electron chi connectivity index (χ4n) is 5.31. The summed E-state index contributed by atoms with van der Waals surface area (Å²) in [5, 5.41) is 12.7. The van der Waals surface area contributed by atoms with Gasteiger partial charge in [0.25, 0.3) is 0 Å². The summed E-state index contributed by atoms with van der Waals surface area (Å²) >= 11 is 0. The second-order valence-electron chi connectivity index (χ2n) is 12.1. The van der Waals surface area contributed by atoms with Crippen LogP contribution in [-0.4, -0.2) is 35.3 Å². The van der Waals surface area contributed by atoms with Crippen molar-refractivity contribution >= 4 is 5.97 Å². The van der Waals surface area contributed by atoms with Gasteiger partial charge in [0, 0.05) is 23.4 Å². The van der Waals surface area contributed by atoms with Gasteiger partial charge in [0.1, 0.15) is 11.4 Å². The number of hydrogen-bond donors (Lipinski definition) is 2. The zero-order valence-corrected chi connectivity index (χ0v) is 23.7. The smallest absolute Gasteiger partial charge is 0.354 e. The van der Waals surface area contributed by atoms with E-state index in [-0.39, 0.29) is 16.5 Å². The minimum atomic E-state index is -1.02. The zero-order valence-electron chi connectivity index (χ0n) is 23.7. The highest BCUT2D eigenvalue weighted by Gasteiger charge is 2.37. The van der Waals surface area contributed by atoms with Crippen LogP contribution in [0.3, 0.4) is 0 Å². The molecule has 0 saturated carbocycles. The van der Waals surface area contributed by atoms with Gasteiger partial charge >= 0.3 is 5.97 Å². The van der Waals surface area contributed by atoms with Gasteiger partial charge in [-0.3, -0.25) is 0 Å². The van der Waals surface area contributed by atoms with Crippen LogP contribution < -0.4 is 10.1 Å². The summed E-state index contributed by atoms with van der Waals surface area (Å²) in [6.45, 7) is 15.4. The first-order valence-corrected chi connectivity index (χ1v) is 13.8. The van der Waals surface area contributed by atoms with Crippen LogP contribution in [-0.2, 0) is 10.8 Å². The largest absolute Gasteiger partial charge is 0.493 e. The predicted molar refractivity (Wildman–Crippen MR) is 155 cm³/mol. The Morgan fingerprint density at radius 1 is 0.921 bits per heavy atom. The van der Waals surface area contributed by atoms with Crippen LogP contribution in [0.5, 0.6) is 5.75 Å². The standard InChI is InChI=1S/C33H42N2O3/c1-22(2)34-17-7-8-18-38-30-14-11-23(25-10-13-29(31(36)37)35-21-25)19-26(30)24-9-12-27-28(20-24)33(5,6)16-15-32(27,3)4/h9-14,19-22,34H,7-8,15-18H2,1-6H3,(H,36,37). The molecule has 4 rings (SSSR count). The van der Waals surface area contributed by atoms with Gasteiger partial charge in [-0.05, 0) is 83.5 Å². The van der Waals surface area contributed by atoms with E-state index in [4.69, 9.17) is 4.74 Å². The Morgan fingerprint density at radius 2 is 1.61 bits per heavy atom. The van der Waals surface area contributed by atoms with Gasteiger partial charge in [-0.2, -0.15) is 0 Å². The van der Waals surface area contributed by atoms with E-state index < -0.39 is 5.97 Å². The number of carboxylic acids is 1. The maximum Gasteiger partial charge on any atom is 0.354 e. The Hall–Kier alpha value is -3.18. The average molecular weight is 515 g/mol. The molecule has 2 N–H and O–H groups in total. The van der Waals surface area contributed by atoms with Crippen LogP contribution >= 0.6 is 0 Å². The first-order valence-electron chi connectivity index (χ1n) is 13.8. The van der Waals surface area contributed by atoms with Gasteiger partial charge < -0.3 is 15.2 Å². The number of aromatic nitrogens is 1. The molecule has 3 aromatic rings. The van der Waals surface area contributed by atoms with E-state index in [2.05, 4.69) is 76.1 Å². The topological polar surface area (TPSA) is 71.5 Å². The summed E-state index contributed by atoms with van der Waals surface area (Å²) in [4.78, 5) is 15.4. The van der Waals surface area contributed by atoms with Crippen molar-refractivity contribution in [2.75, 3.05) is 13.2 Å². The van der Waals surface area contributed by atoms with E-state index in [0.717, 1.165) is 53.8 Å². The van der Waals surface area contributed by atoms with Crippen LogP contribution in [0.15, 0.2) is 54.7 Å². The highest BCUT2D eigenvalue weighted by atomic mass is 16.5. The lowest BCUT2D eigenvalue weighted by atomic mass is 9.63. The number of nitrogens with zero attached hydrogens (tertiary/aromatic N) is 1. The molecule has 0 unspecified atom stereocenters. The Balaban J connectivity index is 1.69. The molecule has 0 atom stereocenters. The van der Waals surface area contributed by atoms with Crippen molar-refractivity contribution in [2.45, 2.75) is 84.1 Å². The van der Waals surface area contributed by atoms with E-state index in [9.17, 15) is 9.90 Å². The lowest BCUT2D eigenvalue weighted by Gasteiger charge is -2.42. The average Bonchev–Trinajstić information content (AvgIpc) is 2.88. The van der Waals surface area contributed by atoms with Crippen LogP contribution in [0.2, 0.25) is 0 Å². The van der Waals surface area contributed by atoms with Crippen LogP contribution in [0.1, 0.15) is 88.8 Å². The quantitative estimate of drug-likeness (QED) is 0.272. The van der Waals surface area contributed by atoms with Crippen molar-refractivity contribution in [3.8, 4) is 28.0 Å². The lowest BCUT2D eigenvalue weighted by Crippen LogP contribution is -2.33. The Kier molecular flexibility index (Phi) is 8.27. The fourth-order valence-corrected chi connectivity index (χ4v) is 5.31. The van der Waals surface area contributed by atoms with E-state index in [1.54, 1.807) is 12.3 Å². The molecule has 1 aliphatic carbocycles. The van der Waals surface area contributed by atoms with Gasteiger partial charge in [-0.1, -0.05) is 71.9 Å². The fraction of sp³-hybridized carbons (Fsp3) is 0.455. The van der Waals surface area contributed by atoms with Crippen molar-refractivity contribution < 1.29 is 14.6 Å². The van der Waals surface area contributed by atoms with Crippen LogP contribution in [0, 0.1) is 0 Å². The monoisotopic (exact) mass is 514 g/mol. The van der Waals surface area contributed by atoms with Crippen LogP contribution in [0.4, 0.5) is 0 Å². The molecule has 0 saturated heterocycles. The number of pyridine rings is 1. The molecule has 0 spiro atoms. The summed E-state index contributed by atoms with van der Waals surface area (Å²) in [6.07, 6.45) is 6.01. The highest BCUT2D eigenvalue weighted by molar-refractivity contribution is 5.86. The molecule has 2 aromatic carbocycles. The van der Waals surface area contributed by atoms with Crippen molar-refractivity contribution in [3.63, 3.8) is 0 Å². The third-order valence-electron chi connectivity index (χ3n) is 7.84. The van der Waals surface area contributed by atoms with Crippen molar-refractivity contribution in [1.82, 2.24) is 10.3 Å². The molecule has 1 aromatic heterocycles. The molecule has 202 valence electrons. The second kappa shape index (κ2) is 11.3. The van der Waals surface area contributed by atoms with E-state index >= 15 is 0 Å². The molecule has 0 radical (unpaired) electrons. The van der Waals surface area contributed by atoms with Crippen LogP contribution in [0.25, 0.3) is 22.3 Å². The minimum absolute atomic E-state index is 0.0421. The number of hydrogen-bond acceptors (Lipinski definition) is 4. The van der Waals surface area contributed by atoms with Gasteiger partial charge in [-0.15, -0.1) is 0 Å². The van der Waals surface area contributed by atoms with E-state index in [1.807, 2.05) is 18.2 Å². The van der Waals surface area contributed by atoms with E-state index in [1.165, 1.54) is 17.5 Å². The summed E-state index contributed by atoms with van der Waals surface area (Å²) in [7, 11) is 0. The normalized spacial score (nSPS) is 15.8. The predicted octanol–water partition coefficient (Wildman–Crippen LogP) is 7.62. The molecule has 5 nitrogen and oxygen atoms in total. The summed E-state index contributed by atoms with van der Waals surface area (Å²) in [5.74, 6) is -0.155. The molecule has 1 aliphatic rings.